The zero-order chi connectivity index (χ0) is 32.1. The summed E-state index contributed by atoms with van der Waals surface area (Å²) < 4.78 is 19.7. The molecule has 0 saturated heterocycles. The number of nitrogens with zero attached hydrogens (tertiary/aromatic N) is 2. The number of fused-ring (bicyclic) bond motifs is 6. The van der Waals surface area contributed by atoms with Crippen LogP contribution in [0.2, 0.25) is 0 Å². The molecule has 0 bridgehead atoms. The molecule has 2 aromatic heterocycles. The molecule has 46 heavy (non-hydrogen) atoms. The third kappa shape index (κ3) is 8.75. The first-order chi connectivity index (χ1) is 22.6. The quantitative estimate of drug-likeness (QED) is 0.0678. The number of hydrogen-bond donors (Lipinski definition) is 0. The summed E-state index contributed by atoms with van der Waals surface area (Å²) in [5.41, 5.74) is 6.36. The van der Waals surface area contributed by atoms with Crippen LogP contribution >= 0.6 is 0 Å². The molecule has 0 aliphatic rings. The topological polar surface area (TPSA) is 9.86 Å². The second-order valence-electron chi connectivity index (χ2n) is 14.2. The molecule has 0 atom stereocenters. The zero-order valence-corrected chi connectivity index (χ0v) is 29.4. The van der Waals surface area contributed by atoms with Gasteiger partial charge in [-0.05, 0) is 62.2 Å². The minimum atomic E-state index is -0.146. The van der Waals surface area contributed by atoms with Crippen molar-refractivity contribution in [3.63, 3.8) is 0 Å². The molecule has 0 aliphatic carbocycles. The van der Waals surface area contributed by atoms with Crippen LogP contribution in [0.15, 0.2) is 48.5 Å². The largest absolute Gasteiger partial charge is 0.340 e. The molecule has 5 aromatic rings. The third-order valence-corrected chi connectivity index (χ3v) is 10.4. The van der Waals surface area contributed by atoms with Gasteiger partial charge in [-0.2, -0.15) is 0 Å². The van der Waals surface area contributed by atoms with E-state index in [0.29, 0.717) is 0 Å². The van der Waals surface area contributed by atoms with Gasteiger partial charge in [0.15, 0.2) is 0 Å². The number of aromatic nitrogens is 2. The fourth-order valence-corrected chi connectivity index (χ4v) is 7.77. The second-order valence-corrected chi connectivity index (χ2v) is 14.2. The lowest BCUT2D eigenvalue weighted by Crippen LogP contribution is -1.99. The normalized spacial score (nSPS) is 12.1. The smallest absolute Gasteiger partial charge is 0.123 e. The van der Waals surface area contributed by atoms with Crippen molar-refractivity contribution in [2.24, 2.45) is 0 Å². The molecule has 0 amide bonds. The number of hydrogen-bond acceptors (Lipinski definition) is 0. The molecule has 0 aliphatic heterocycles. The maximum atomic E-state index is 14.7. The van der Waals surface area contributed by atoms with Crippen LogP contribution < -0.4 is 0 Å². The summed E-state index contributed by atoms with van der Waals surface area (Å²) >= 11 is 0. The molecular weight excluding hydrogens is 563 g/mol. The minimum absolute atomic E-state index is 0.146. The molecule has 0 spiro atoms. The monoisotopic (exact) mass is 624 g/mol. The molecule has 2 nitrogen and oxygen atoms in total. The molecule has 0 fully saturated rings. The van der Waals surface area contributed by atoms with Gasteiger partial charge in [-0.3, -0.25) is 0 Å². The fourth-order valence-electron chi connectivity index (χ4n) is 7.77. The lowest BCUT2D eigenvalue weighted by Gasteiger charge is -2.09. The van der Waals surface area contributed by atoms with Crippen LogP contribution in [-0.2, 0) is 13.1 Å². The van der Waals surface area contributed by atoms with E-state index in [2.05, 4.69) is 60.2 Å². The first-order valence-electron chi connectivity index (χ1n) is 19.3. The van der Waals surface area contributed by atoms with E-state index in [4.69, 9.17) is 0 Å². The molecular formula is C43H61FN2. The van der Waals surface area contributed by atoms with Gasteiger partial charge in [-0.1, -0.05) is 141 Å². The summed E-state index contributed by atoms with van der Waals surface area (Å²) in [5, 5.41) is 4.94. The summed E-state index contributed by atoms with van der Waals surface area (Å²) in [4.78, 5) is 0. The van der Waals surface area contributed by atoms with E-state index in [1.54, 1.807) is 12.1 Å². The van der Waals surface area contributed by atoms with E-state index < -0.39 is 0 Å². The van der Waals surface area contributed by atoms with Crippen molar-refractivity contribution in [1.29, 1.82) is 0 Å². The van der Waals surface area contributed by atoms with Crippen LogP contribution in [0.5, 0.6) is 0 Å². The summed E-state index contributed by atoms with van der Waals surface area (Å²) in [6.45, 7) is 8.81. The summed E-state index contributed by atoms with van der Waals surface area (Å²) in [6.07, 6.45) is 26.9. The maximum Gasteiger partial charge on any atom is 0.123 e. The van der Waals surface area contributed by atoms with Crippen LogP contribution in [0, 0.1) is 12.7 Å². The number of unbranched alkanes of at least 4 members (excludes halogenated alkanes) is 18. The van der Waals surface area contributed by atoms with Crippen molar-refractivity contribution in [2.45, 2.75) is 162 Å². The van der Waals surface area contributed by atoms with Gasteiger partial charge in [0, 0.05) is 56.7 Å². The van der Waals surface area contributed by atoms with E-state index in [-0.39, 0.29) is 5.82 Å². The number of rotatable bonds is 22. The highest BCUT2D eigenvalue weighted by atomic mass is 19.1. The van der Waals surface area contributed by atoms with Gasteiger partial charge >= 0.3 is 0 Å². The summed E-state index contributed by atoms with van der Waals surface area (Å²) in [5.74, 6) is -0.146. The van der Waals surface area contributed by atoms with Gasteiger partial charge in [0.25, 0.3) is 0 Å². The van der Waals surface area contributed by atoms with Crippen molar-refractivity contribution >= 4 is 43.6 Å². The lowest BCUT2D eigenvalue weighted by molar-refractivity contribution is 0.541. The highest BCUT2D eigenvalue weighted by Crippen LogP contribution is 2.38. The van der Waals surface area contributed by atoms with Crippen LogP contribution in [0.4, 0.5) is 4.39 Å². The van der Waals surface area contributed by atoms with Crippen molar-refractivity contribution in [2.75, 3.05) is 0 Å². The number of aryl methyl sites for hydroxylation is 3. The first-order valence-corrected chi connectivity index (χ1v) is 19.3. The highest BCUT2D eigenvalue weighted by molar-refractivity contribution is 6.18. The van der Waals surface area contributed by atoms with E-state index in [1.165, 1.54) is 172 Å². The molecule has 0 saturated carbocycles. The lowest BCUT2D eigenvalue weighted by atomic mass is 10.1. The molecule has 5 rings (SSSR count). The van der Waals surface area contributed by atoms with Crippen molar-refractivity contribution in [3.8, 4) is 0 Å². The highest BCUT2D eigenvalue weighted by Gasteiger charge is 2.17. The van der Waals surface area contributed by atoms with Gasteiger partial charge in [0.1, 0.15) is 5.82 Å². The Kier molecular flexibility index (Phi) is 13.5. The number of benzene rings is 3. The van der Waals surface area contributed by atoms with Crippen LogP contribution in [0.25, 0.3) is 43.6 Å². The minimum Gasteiger partial charge on any atom is -0.340 e. The van der Waals surface area contributed by atoms with Gasteiger partial charge in [0.05, 0.1) is 0 Å². The first kappa shape index (κ1) is 34.5. The average Bonchev–Trinajstić information content (AvgIpc) is 3.52. The Labute approximate surface area is 278 Å². The molecule has 0 radical (unpaired) electrons. The van der Waals surface area contributed by atoms with Gasteiger partial charge in [0.2, 0.25) is 0 Å². The Hall–Kier alpha value is -2.81. The van der Waals surface area contributed by atoms with E-state index in [9.17, 15) is 4.39 Å². The van der Waals surface area contributed by atoms with Crippen molar-refractivity contribution in [3.05, 3.63) is 59.9 Å². The predicted octanol–water partition coefficient (Wildman–Crippen LogP) is 14.2. The second kappa shape index (κ2) is 17.9. The molecule has 250 valence electrons. The summed E-state index contributed by atoms with van der Waals surface area (Å²) in [6, 6.07) is 17.2. The zero-order valence-electron chi connectivity index (χ0n) is 29.4. The van der Waals surface area contributed by atoms with Crippen molar-refractivity contribution in [1.82, 2.24) is 9.13 Å². The SMILES string of the molecule is CCCCCCCCCCCCn1c2ccc(C)cc2c2cc3c(cc21)c1cc(F)ccc1n3CCCCCCCCCCCC. The van der Waals surface area contributed by atoms with Crippen LogP contribution in [-0.4, -0.2) is 9.13 Å². The fraction of sp³-hybridized carbons (Fsp3) is 0.581. The van der Waals surface area contributed by atoms with Gasteiger partial charge in [-0.25, -0.2) is 4.39 Å². The number of halogens is 1. The molecule has 3 aromatic carbocycles. The Balaban J connectivity index is 1.32. The molecule has 2 heterocycles. The van der Waals surface area contributed by atoms with E-state index in [1.807, 2.05) is 6.07 Å². The Morgan fingerprint density at radius 2 is 0.783 bits per heavy atom. The molecule has 0 N–H and O–H groups in total. The maximum absolute atomic E-state index is 14.7. The van der Waals surface area contributed by atoms with E-state index in [0.717, 1.165) is 18.5 Å². The van der Waals surface area contributed by atoms with E-state index >= 15 is 0 Å². The Bertz CT molecular complexity index is 1530. The summed E-state index contributed by atoms with van der Waals surface area (Å²) in [7, 11) is 0. The molecule has 3 heteroatoms. The Morgan fingerprint density at radius 1 is 0.413 bits per heavy atom. The Morgan fingerprint density at radius 3 is 1.24 bits per heavy atom. The van der Waals surface area contributed by atoms with Crippen molar-refractivity contribution < 1.29 is 4.39 Å². The van der Waals surface area contributed by atoms with Crippen LogP contribution in [0.1, 0.15) is 148 Å². The predicted molar refractivity (Wildman–Crippen MR) is 201 cm³/mol. The third-order valence-electron chi connectivity index (χ3n) is 10.4. The standard InChI is InChI=1S/C43H61FN2/c1-4-6-8-10-12-14-16-18-20-22-28-45-40-26-24-34(3)30-36(40)38-32-43-39(33-42(38)45)37-31-35(44)25-27-41(37)46(43)29-23-21-19-17-15-13-11-9-7-5-2/h24-27,30-33H,4-23,28-29H2,1-3H3. The van der Waals surface area contributed by atoms with Gasteiger partial charge < -0.3 is 9.13 Å². The average molecular weight is 625 g/mol. The molecule has 0 unspecified atom stereocenters. The van der Waals surface area contributed by atoms with Gasteiger partial charge in [-0.15, -0.1) is 0 Å². The van der Waals surface area contributed by atoms with Crippen LogP contribution in [0.3, 0.4) is 0 Å².